The highest BCUT2D eigenvalue weighted by Gasteiger charge is 2.46. The lowest BCUT2D eigenvalue weighted by Crippen LogP contribution is -2.42. The summed E-state index contributed by atoms with van der Waals surface area (Å²) in [6, 6.07) is 13.4. The van der Waals surface area contributed by atoms with E-state index in [1.54, 1.807) is 23.1 Å². The number of rotatable bonds is 7. The molecule has 0 radical (unpaired) electrons. The van der Waals surface area contributed by atoms with Gasteiger partial charge in [-0.2, -0.15) is 0 Å². The van der Waals surface area contributed by atoms with Crippen molar-refractivity contribution in [1.82, 2.24) is 9.80 Å². The Kier molecular flexibility index (Phi) is 7.33. The first-order chi connectivity index (χ1) is 16.0. The summed E-state index contributed by atoms with van der Waals surface area (Å²) in [5.41, 5.74) is 1.18. The molecular formula is C25H27ClN2O5. The van der Waals surface area contributed by atoms with Gasteiger partial charge in [0.25, 0.3) is 11.7 Å². The number of carbonyl (C=O) groups is 2. The number of morpholine rings is 1. The third kappa shape index (κ3) is 4.90. The van der Waals surface area contributed by atoms with Crippen molar-refractivity contribution in [2.75, 3.05) is 46.0 Å². The van der Waals surface area contributed by atoms with E-state index in [4.69, 9.17) is 21.1 Å². The van der Waals surface area contributed by atoms with E-state index >= 15 is 0 Å². The Morgan fingerprint density at radius 3 is 2.52 bits per heavy atom. The van der Waals surface area contributed by atoms with Gasteiger partial charge in [0.1, 0.15) is 11.5 Å². The number of benzene rings is 2. The molecular weight excluding hydrogens is 444 g/mol. The van der Waals surface area contributed by atoms with Crippen LogP contribution in [0.5, 0.6) is 5.75 Å². The first-order valence-electron chi connectivity index (χ1n) is 11.1. The topological polar surface area (TPSA) is 79.3 Å². The number of likely N-dealkylation sites (tertiary alicyclic amines) is 1. The smallest absolute Gasteiger partial charge is 0.295 e. The molecule has 0 spiro atoms. The normalized spacial score (nSPS) is 20.9. The third-order valence-electron chi connectivity index (χ3n) is 5.92. The number of hydrogen-bond donors (Lipinski definition) is 1. The molecule has 2 aromatic carbocycles. The number of ether oxygens (including phenoxy) is 2. The zero-order chi connectivity index (χ0) is 23.4. The van der Waals surface area contributed by atoms with E-state index < -0.39 is 17.7 Å². The SMILES string of the molecule is CCOc1ccc(/C(O)=C2/C(=O)C(=O)N(CCN3CCOCC3)C2c2ccccc2)cc1Cl. The molecule has 2 saturated heterocycles. The highest BCUT2D eigenvalue weighted by Crippen LogP contribution is 2.40. The van der Waals surface area contributed by atoms with Gasteiger partial charge in [-0.05, 0) is 30.7 Å². The summed E-state index contributed by atoms with van der Waals surface area (Å²) < 4.78 is 10.9. The highest BCUT2D eigenvalue weighted by molar-refractivity contribution is 6.46. The molecule has 33 heavy (non-hydrogen) atoms. The summed E-state index contributed by atoms with van der Waals surface area (Å²) >= 11 is 6.31. The quantitative estimate of drug-likeness (QED) is 0.379. The van der Waals surface area contributed by atoms with Crippen LogP contribution in [0.25, 0.3) is 5.76 Å². The summed E-state index contributed by atoms with van der Waals surface area (Å²) in [5, 5.41) is 11.5. The number of carbonyl (C=O) groups excluding carboxylic acids is 2. The molecule has 2 aliphatic rings. The molecule has 4 rings (SSSR count). The van der Waals surface area contributed by atoms with Gasteiger partial charge in [-0.15, -0.1) is 0 Å². The fourth-order valence-electron chi connectivity index (χ4n) is 4.24. The van der Waals surface area contributed by atoms with Crippen molar-refractivity contribution in [2.24, 2.45) is 0 Å². The van der Waals surface area contributed by atoms with Gasteiger partial charge in [0.05, 0.1) is 36.5 Å². The largest absolute Gasteiger partial charge is 0.507 e. The van der Waals surface area contributed by atoms with E-state index in [0.29, 0.717) is 49.2 Å². The Morgan fingerprint density at radius 2 is 1.85 bits per heavy atom. The molecule has 8 heteroatoms. The average Bonchev–Trinajstić information content (AvgIpc) is 3.09. The van der Waals surface area contributed by atoms with Gasteiger partial charge in [0.2, 0.25) is 0 Å². The molecule has 1 amide bonds. The van der Waals surface area contributed by atoms with E-state index in [-0.39, 0.29) is 11.3 Å². The lowest BCUT2D eigenvalue weighted by molar-refractivity contribution is -0.140. The minimum atomic E-state index is -0.701. The van der Waals surface area contributed by atoms with E-state index in [1.807, 2.05) is 37.3 Å². The third-order valence-corrected chi connectivity index (χ3v) is 6.22. The highest BCUT2D eigenvalue weighted by atomic mass is 35.5. The first kappa shape index (κ1) is 23.3. The number of hydrogen-bond acceptors (Lipinski definition) is 6. The summed E-state index contributed by atoms with van der Waals surface area (Å²) in [5.74, 6) is -1.08. The maximum atomic E-state index is 13.1. The fraction of sp³-hybridized carbons (Fsp3) is 0.360. The molecule has 0 aromatic heterocycles. The monoisotopic (exact) mass is 470 g/mol. The number of halogens is 1. The van der Waals surface area contributed by atoms with Gasteiger partial charge in [0.15, 0.2) is 0 Å². The summed E-state index contributed by atoms with van der Waals surface area (Å²) in [7, 11) is 0. The minimum absolute atomic E-state index is 0.0633. The fourth-order valence-corrected chi connectivity index (χ4v) is 4.48. The number of Topliss-reactive ketones (excluding diaryl/α,β-unsaturated/α-hetero) is 1. The lowest BCUT2D eigenvalue weighted by atomic mass is 9.95. The van der Waals surface area contributed by atoms with Crippen LogP contribution in [0, 0.1) is 0 Å². The van der Waals surface area contributed by atoms with Crippen LogP contribution in [0.1, 0.15) is 24.1 Å². The Balaban J connectivity index is 1.71. The first-order valence-corrected chi connectivity index (χ1v) is 11.4. The lowest BCUT2D eigenvalue weighted by Gasteiger charge is -2.31. The van der Waals surface area contributed by atoms with Crippen molar-refractivity contribution in [3.05, 3.63) is 70.3 Å². The second-order valence-corrected chi connectivity index (χ2v) is 8.34. The number of aliphatic hydroxyl groups excluding tert-OH is 1. The van der Waals surface area contributed by atoms with Crippen LogP contribution < -0.4 is 4.74 Å². The molecule has 7 nitrogen and oxygen atoms in total. The second-order valence-electron chi connectivity index (χ2n) is 7.94. The molecule has 1 N–H and O–H groups in total. The number of aliphatic hydroxyl groups is 1. The van der Waals surface area contributed by atoms with Gasteiger partial charge in [-0.25, -0.2) is 0 Å². The Labute approximate surface area is 198 Å². The number of ketones is 1. The number of nitrogens with zero attached hydrogens (tertiary/aromatic N) is 2. The standard InChI is InChI=1S/C25H27ClN2O5/c1-2-33-20-9-8-18(16-19(20)26)23(29)21-22(17-6-4-3-5-7-17)28(25(31)24(21)30)11-10-27-12-14-32-15-13-27/h3-9,16,22,29H,2,10-15H2,1H3/b23-21-. The molecule has 174 valence electrons. The molecule has 1 atom stereocenters. The van der Waals surface area contributed by atoms with E-state index in [0.717, 1.165) is 18.7 Å². The van der Waals surface area contributed by atoms with Crippen molar-refractivity contribution in [3.8, 4) is 5.75 Å². The van der Waals surface area contributed by atoms with Crippen molar-refractivity contribution in [3.63, 3.8) is 0 Å². The zero-order valence-electron chi connectivity index (χ0n) is 18.5. The van der Waals surface area contributed by atoms with Crippen molar-refractivity contribution in [1.29, 1.82) is 0 Å². The van der Waals surface area contributed by atoms with Crippen LogP contribution in [0.15, 0.2) is 54.1 Å². The Hall–Kier alpha value is -2.87. The predicted octanol–water partition coefficient (Wildman–Crippen LogP) is 3.49. The van der Waals surface area contributed by atoms with Gasteiger partial charge in [0, 0.05) is 31.7 Å². The van der Waals surface area contributed by atoms with Gasteiger partial charge >= 0.3 is 0 Å². The summed E-state index contributed by atoms with van der Waals surface area (Å²) in [6.07, 6.45) is 0. The van der Waals surface area contributed by atoms with Crippen molar-refractivity contribution < 1.29 is 24.2 Å². The molecule has 2 aliphatic heterocycles. The van der Waals surface area contributed by atoms with Gasteiger partial charge in [-0.3, -0.25) is 14.5 Å². The molecule has 2 aromatic rings. The van der Waals surface area contributed by atoms with Crippen LogP contribution in [0.4, 0.5) is 0 Å². The van der Waals surface area contributed by atoms with Crippen LogP contribution in [0.3, 0.4) is 0 Å². The molecule has 0 aliphatic carbocycles. The van der Waals surface area contributed by atoms with Gasteiger partial charge < -0.3 is 19.5 Å². The van der Waals surface area contributed by atoms with Crippen molar-refractivity contribution >= 4 is 29.1 Å². The van der Waals surface area contributed by atoms with Crippen molar-refractivity contribution in [2.45, 2.75) is 13.0 Å². The summed E-state index contributed by atoms with van der Waals surface area (Å²) in [4.78, 5) is 29.9. The maximum absolute atomic E-state index is 13.1. The zero-order valence-corrected chi connectivity index (χ0v) is 19.3. The molecule has 1 unspecified atom stereocenters. The maximum Gasteiger partial charge on any atom is 0.295 e. The van der Waals surface area contributed by atoms with Crippen LogP contribution >= 0.6 is 11.6 Å². The molecule has 2 fully saturated rings. The molecule has 2 heterocycles. The minimum Gasteiger partial charge on any atom is -0.507 e. The summed E-state index contributed by atoms with van der Waals surface area (Å²) in [6.45, 7) is 6.16. The van der Waals surface area contributed by atoms with E-state index in [1.165, 1.54) is 0 Å². The predicted molar refractivity (Wildman–Crippen MR) is 125 cm³/mol. The Morgan fingerprint density at radius 1 is 1.12 bits per heavy atom. The molecule has 0 bridgehead atoms. The Bertz CT molecular complexity index is 1050. The molecule has 0 saturated carbocycles. The second kappa shape index (κ2) is 10.4. The number of amides is 1. The van der Waals surface area contributed by atoms with Crippen LogP contribution in [-0.4, -0.2) is 72.6 Å². The average molecular weight is 471 g/mol. The van der Waals surface area contributed by atoms with Crippen LogP contribution in [-0.2, 0) is 14.3 Å². The van der Waals surface area contributed by atoms with E-state index in [9.17, 15) is 14.7 Å². The van der Waals surface area contributed by atoms with Gasteiger partial charge in [-0.1, -0.05) is 41.9 Å². The van der Waals surface area contributed by atoms with Crippen LogP contribution in [0.2, 0.25) is 5.02 Å². The van der Waals surface area contributed by atoms with E-state index in [2.05, 4.69) is 4.90 Å².